The van der Waals surface area contributed by atoms with E-state index in [2.05, 4.69) is 5.32 Å². The van der Waals surface area contributed by atoms with Gasteiger partial charge in [0.05, 0.1) is 6.54 Å². The number of benzene rings is 1. The molecular formula is C15H17FN2O3S. The molecule has 1 heterocycles. The number of hydrogen-bond acceptors (Lipinski definition) is 3. The van der Waals surface area contributed by atoms with E-state index in [1.165, 1.54) is 24.3 Å². The molecule has 0 atom stereocenters. The lowest BCUT2D eigenvalue weighted by Crippen LogP contribution is -2.58. The molecule has 0 aromatic heterocycles. The first-order valence-corrected chi connectivity index (χ1v) is 8.50. The molecule has 0 unspecified atom stereocenters. The molecule has 0 bridgehead atoms. The highest BCUT2D eigenvalue weighted by Gasteiger charge is 2.37. The van der Waals surface area contributed by atoms with Gasteiger partial charge < -0.3 is 0 Å². The van der Waals surface area contributed by atoms with Crippen LogP contribution in [0.1, 0.15) is 19.4 Å². The fourth-order valence-electron chi connectivity index (χ4n) is 2.20. The van der Waals surface area contributed by atoms with Crippen molar-refractivity contribution in [3.63, 3.8) is 0 Å². The molecule has 7 heteroatoms. The maximum absolute atomic E-state index is 12.9. The standard InChI is InChI=1S/C15H17FN2O3S/c1-3-22(4-2)12-13(19)17-15(21)18(14(12)20)9-10-5-7-11(16)8-6-10/h5-8H,3-4,9H2,1-2H3,(H,17,19,21). The van der Waals surface area contributed by atoms with Crippen molar-refractivity contribution in [2.24, 2.45) is 0 Å². The molecule has 0 spiro atoms. The second kappa shape index (κ2) is 6.83. The normalized spacial score (nSPS) is 15.5. The predicted octanol–water partition coefficient (Wildman–Crippen LogP) is 1.89. The molecule has 5 nitrogen and oxygen atoms in total. The van der Waals surface area contributed by atoms with E-state index in [-0.39, 0.29) is 17.2 Å². The van der Waals surface area contributed by atoms with Crippen LogP contribution in [0.25, 0.3) is 0 Å². The number of barbiturate groups is 1. The van der Waals surface area contributed by atoms with Crippen LogP contribution in [0.3, 0.4) is 0 Å². The van der Waals surface area contributed by atoms with Crippen LogP contribution >= 0.6 is 10.5 Å². The maximum atomic E-state index is 12.9. The van der Waals surface area contributed by atoms with E-state index in [0.717, 1.165) is 4.90 Å². The third kappa shape index (κ3) is 3.24. The minimum Gasteiger partial charge on any atom is -0.273 e. The first-order valence-electron chi connectivity index (χ1n) is 6.94. The number of nitrogens with one attached hydrogen (secondary N) is 1. The van der Waals surface area contributed by atoms with Crippen molar-refractivity contribution in [1.82, 2.24) is 10.2 Å². The molecule has 4 amide bonds. The molecule has 0 radical (unpaired) electrons. The van der Waals surface area contributed by atoms with Crippen molar-refractivity contribution in [3.05, 3.63) is 35.6 Å². The Morgan fingerprint density at radius 2 is 1.68 bits per heavy atom. The highest BCUT2D eigenvalue weighted by Crippen LogP contribution is 2.19. The summed E-state index contributed by atoms with van der Waals surface area (Å²) < 4.78 is 12.9. The van der Waals surface area contributed by atoms with Crippen LogP contribution in [-0.2, 0) is 16.1 Å². The quantitative estimate of drug-likeness (QED) is 0.860. The van der Waals surface area contributed by atoms with Crippen LogP contribution < -0.4 is 5.32 Å². The van der Waals surface area contributed by atoms with Crippen molar-refractivity contribution >= 4 is 33.2 Å². The van der Waals surface area contributed by atoms with Crippen LogP contribution in [0.15, 0.2) is 24.3 Å². The van der Waals surface area contributed by atoms with E-state index in [9.17, 15) is 18.8 Å². The van der Waals surface area contributed by atoms with Gasteiger partial charge in [-0.15, -0.1) is 0 Å². The summed E-state index contributed by atoms with van der Waals surface area (Å²) in [6, 6.07) is 4.80. The maximum Gasteiger partial charge on any atom is 0.331 e. The molecule has 0 aliphatic carbocycles. The highest BCUT2D eigenvalue weighted by molar-refractivity contribution is 8.17. The Bertz CT molecular complexity index is 649. The van der Waals surface area contributed by atoms with Crippen molar-refractivity contribution in [1.29, 1.82) is 0 Å². The van der Waals surface area contributed by atoms with E-state index in [0.29, 0.717) is 17.1 Å². The van der Waals surface area contributed by atoms with E-state index in [1.54, 1.807) is 0 Å². The van der Waals surface area contributed by atoms with Gasteiger partial charge in [-0.1, -0.05) is 26.0 Å². The summed E-state index contributed by atoms with van der Waals surface area (Å²) in [7, 11) is -0.481. The summed E-state index contributed by atoms with van der Waals surface area (Å²) in [5.74, 6) is -0.200. The predicted molar refractivity (Wildman–Crippen MR) is 84.2 cm³/mol. The number of hydrogen-bond donors (Lipinski definition) is 1. The van der Waals surface area contributed by atoms with Crippen LogP contribution in [0, 0.1) is 5.82 Å². The number of urea groups is 1. The van der Waals surface area contributed by atoms with Gasteiger partial charge in [0.25, 0.3) is 11.8 Å². The van der Waals surface area contributed by atoms with Gasteiger partial charge >= 0.3 is 6.03 Å². The van der Waals surface area contributed by atoms with Crippen LogP contribution in [0.5, 0.6) is 0 Å². The van der Waals surface area contributed by atoms with Crippen LogP contribution in [0.4, 0.5) is 9.18 Å². The summed E-state index contributed by atoms with van der Waals surface area (Å²) in [6.45, 7) is 3.81. The minimum atomic E-state index is -0.737. The number of carbonyl (C=O) groups is 3. The van der Waals surface area contributed by atoms with Crippen molar-refractivity contribution in [2.75, 3.05) is 11.5 Å². The zero-order chi connectivity index (χ0) is 16.3. The molecule has 22 heavy (non-hydrogen) atoms. The number of amides is 4. The van der Waals surface area contributed by atoms with Gasteiger partial charge in [0.15, 0.2) is 0 Å². The average Bonchev–Trinajstić information content (AvgIpc) is 2.49. The largest absolute Gasteiger partial charge is 0.331 e. The first kappa shape index (κ1) is 16.4. The van der Waals surface area contributed by atoms with Gasteiger partial charge in [-0.2, -0.15) is 10.5 Å². The number of halogens is 1. The van der Waals surface area contributed by atoms with Gasteiger partial charge in [0, 0.05) is 0 Å². The lowest BCUT2D eigenvalue weighted by atomic mass is 10.2. The zero-order valence-corrected chi connectivity index (χ0v) is 13.2. The van der Waals surface area contributed by atoms with E-state index >= 15 is 0 Å². The van der Waals surface area contributed by atoms with Gasteiger partial charge in [-0.3, -0.25) is 19.8 Å². The molecule has 1 fully saturated rings. The number of imide groups is 2. The lowest BCUT2D eigenvalue weighted by Gasteiger charge is -2.27. The lowest BCUT2D eigenvalue weighted by molar-refractivity contribution is -0.125. The highest BCUT2D eigenvalue weighted by atomic mass is 32.2. The van der Waals surface area contributed by atoms with Gasteiger partial charge in [0.2, 0.25) is 0 Å². The second-order valence-corrected chi connectivity index (χ2v) is 7.22. The van der Waals surface area contributed by atoms with Crippen molar-refractivity contribution in [3.8, 4) is 0 Å². The summed E-state index contributed by atoms with van der Waals surface area (Å²) >= 11 is 0. The summed E-state index contributed by atoms with van der Waals surface area (Å²) in [4.78, 5) is 37.5. The van der Waals surface area contributed by atoms with Gasteiger partial charge in [0.1, 0.15) is 10.7 Å². The molecule has 0 saturated carbocycles. The summed E-state index contributed by atoms with van der Waals surface area (Å²) in [5, 5.41) is 2.21. The molecule has 1 N–H and O–H groups in total. The molecule has 118 valence electrons. The summed E-state index contributed by atoms with van der Waals surface area (Å²) in [6.07, 6.45) is 0. The molecular weight excluding hydrogens is 307 g/mol. The van der Waals surface area contributed by atoms with Crippen LogP contribution in [-0.4, -0.2) is 39.1 Å². The molecule has 1 aromatic carbocycles. The Morgan fingerprint density at radius 1 is 1.09 bits per heavy atom. The third-order valence-corrected chi connectivity index (χ3v) is 5.68. The SMILES string of the molecule is CCS(CC)=C1C(=O)NC(=O)N(Cc2ccc(F)cc2)C1=O. The first-order chi connectivity index (χ1) is 10.5. The fraction of sp³-hybridized carbons (Fsp3) is 0.333. The smallest absolute Gasteiger partial charge is 0.273 e. The van der Waals surface area contributed by atoms with Gasteiger partial charge in [-0.05, 0) is 29.2 Å². The minimum absolute atomic E-state index is 0.00630. The van der Waals surface area contributed by atoms with E-state index in [1.807, 2.05) is 13.8 Å². The van der Waals surface area contributed by atoms with Crippen LogP contribution in [0.2, 0.25) is 0 Å². The molecule has 1 aliphatic heterocycles. The third-order valence-electron chi connectivity index (χ3n) is 3.35. The molecule has 1 aromatic rings. The summed E-state index contributed by atoms with van der Waals surface area (Å²) in [5.41, 5.74) is 0.617. The van der Waals surface area contributed by atoms with Crippen molar-refractivity contribution < 1.29 is 18.8 Å². The molecule has 2 rings (SSSR count). The molecule has 1 aliphatic rings. The van der Waals surface area contributed by atoms with E-state index in [4.69, 9.17) is 0 Å². The Morgan fingerprint density at radius 3 is 2.23 bits per heavy atom. The molecule has 1 saturated heterocycles. The Kier molecular flexibility index (Phi) is 5.07. The van der Waals surface area contributed by atoms with Crippen molar-refractivity contribution in [2.45, 2.75) is 20.4 Å². The zero-order valence-electron chi connectivity index (χ0n) is 12.4. The fourth-order valence-corrected chi connectivity index (χ4v) is 3.85. The number of nitrogens with zero attached hydrogens (tertiary/aromatic N) is 1. The Labute approximate surface area is 130 Å². The number of rotatable bonds is 4. The Hall–Kier alpha value is -2.02. The number of carbonyl (C=O) groups excluding carboxylic acids is 3. The average molecular weight is 324 g/mol. The topological polar surface area (TPSA) is 66.5 Å². The Balaban J connectivity index is 2.32. The second-order valence-electron chi connectivity index (χ2n) is 4.68. The van der Waals surface area contributed by atoms with E-state index < -0.39 is 28.3 Å². The van der Waals surface area contributed by atoms with Gasteiger partial charge in [-0.25, -0.2) is 9.18 Å². The monoisotopic (exact) mass is 324 g/mol.